The second-order valence-corrected chi connectivity index (χ2v) is 10.6. The van der Waals surface area contributed by atoms with E-state index in [0.717, 1.165) is 16.9 Å². The Balaban J connectivity index is 1.54. The predicted octanol–water partition coefficient (Wildman–Crippen LogP) is 4.09. The number of nitrogens with zero attached hydrogens (tertiary/aromatic N) is 1. The van der Waals surface area contributed by atoms with Gasteiger partial charge in [0.05, 0.1) is 16.5 Å². The molecule has 0 aromatic heterocycles. The van der Waals surface area contributed by atoms with Crippen LogP contribution in [0, 0.1) is 0 Å². The summed E-state index contributed by atoms with van der Waals surface area (Å²) >= 11 is 11.9. The number of hydrogen-bond donors (Lipinski definition) is 1. The number of halogens is 2. The van der Waals surface area contributed by atoms with Crippen molar-refractivity contribution >= 4 is 50.7 Å². The number of esters is 1. The monoisotopic (exact) mass is 510 g/mol. The highest BCUT2D eigenvalue weighted by molar-refractivity contribution is 7.89. The molecular formula is C23H24Cl2N2O5S. The molecule has 2 aromatic rings. The Morgan fingerprint density at radius 3 is 2.36 bits per heavy atom. The molecule has 7 nitrogen and oxygen atoms in total. The number of carbonyl (C=O) groups is 2. The second kappa shape index (κ2) is 9.85. The van der Waals surface area contributed by atoms with Crippen LogP contribution in [0.5, 0.6) is 0 Å². The Bertz CT molecular complexity index is 1200. The molecule has 0 bridgehead atoms. The molecule has 10 heteroatoms. The van der Waals surface area contributed by atoms with Crippen LogP contribution in [0.4, 0.5) is 5.69 Å². The van der Waals surface area contributed by atoms with Crippen LogP contribution >= 0.6 is 23.2 Å². The van der Waals surface area contributed by atoms with Gasteiger partial charge in [-0.1, -0.05) is 61.3 Å². The smallest absolute Gasteiger partial charge is 0.307 e. The van der Waals surface area contributed by atoms with E-state index >= 15 is 0 Å². The van der Waals surface area contributed by atoms with Crippen LogP contribution in [-0.2, 0) is 29.8 Å². The SMILES string of the molecule is CN1/C(=C/C(=O)COC(=O)CCNS(=O)(=O)c2c(Cl)cccc2Cl)C(C)(C)c2ccccc21. The van der Waals surface area contributed by atoms with E-state index in [1.807, 2.05) is 50.1 Å². The summed E-state index contributed by atoms with van der Waals surface area (Å²) in [4.78, 5) is 26.2. The van der Waals surface area contributed by atoms with Gasteiger partial charge in [-0.3, -0.25) is 9.59 Å². The predicted molar refractivity (Wildman–Crippen MR) is 128 cm³/mol. The molecule has 0 aliphatic carbocycles. The zero-order chi connectivity index (χ0) is 24.4. The van der Waals surface area contributed by atoms with E-state index in [1.165, 1.54) is 24.3 Å². The number of anilines is 1. The van der Waals surface area contributed by atoms with Crippen LogP contribution < -0.4 is 9.62 Å². The average molecular weight is 511 g/mol. The summed E-state index contributed by atoms with van der Waals surface area (Å²) in [6.07, 6.45) is 1.22. The third-order valence-electron chi connectivity index (χ3n) is 5.42. The van der Waals surface area contributed by atoms with E-state index in [-0.39, 0.29) is 39.1 Å². The van der Waals surface area contributed by atoms with E-state index < -0.39 is 22.6 Å². The van der Waals surface area contributed by atoms with Gasteiger partial charge in [0.1, 0.15) is 4.90 Å². The summed E-state index contributed by atoms with van der Waals surface area (Å²) in [5.41, 5.74) is 2.55. The number of allylic oxidation sites excluding steroid dienone is 1. The Morgan fingerprint density at radius 1 is 1.09 bits per heavy atom. The van der Waals surface area contributed by atoms with Crippen molar-refractivity contribution in [1.29, 1.82) is 0 Å². The third-order valence-corrected chi connectivity index (χ3v) is 7.84. The first-order valence-electron chi connectivity index (χ1n) is 10.1. The maximum absolute atomic E-state index is 12.5. The van der Waals surface area contributed by atoms with Gasteiger partial charge in [0.2, 0.25) is 10.0 Å². The maximum Gasteiger partial charge on any atom is 0.307 e. The van der Waals surface area contributed by atoms with Crippen molar-refractivity contribution in [2.45, 2.75) is 30.6 Å². The van der Waals surface area contributed by atoms with Gasteiger partial charge in [-0.25, -0.2) is 13.1 Å². The highest BCUT2D eigenvalue weighted by Gasteiger charge is 2.38. The molecule has 2 aromatic carbocycles. The van der Waals surface area contributed by atoms with E-state index in [0.29, 0.717) is 0 Å². The van der Waals surface area contributed by atoms with Gasteiger partial charge < -0.3 is 9.64 Å². The van der Waals surface area contributed by atoms with Crippen molar-refractivity contribution < 1.29 is 22.7 Å². The number of para-hydroxylation sites is 1. The molecule has 0 atom stereocenters. The van der Waals surface area contributed by atoms with Crippen LogP contribution in [0.2, 0.25) is 10.0 Å². The van der Waals surface area contributed by atoms with Crippen molar-refractivity contribution in [1.82, 2.24) is 4.72 Å². The first-order chi connectivity index (χ1) is 15.4. The van der Waals surface area contributed by atoms with E-state index in [2.05, 4.69) is 4.72 Å². The second-order valence-electron chi connectivity index (χ2n) is 8.06. The summed E-state index contributed by atoms with van der Waals surface area (Å²) in [5, 5.41) is -0.0590. The molecule has 33 heavy (non-hydrogen) atoms. The molecule has 1 aliphatic rings. The average Bonchev–Trinajstić information content (AvgIpc) is 2.93. The maximum atomic E-state index is 12.5. The molecule has 1 aliphatic heterocycles. The van der Waals surface area contributed by atoms with Gasteiger partial charge in [0.15, 0.2) is 12.4 Å². The molecule has 0 saturated carbocycles. The molecular weight excluding hydrogens is 487 g/mol. The van der Waals surface area contributed by atoms with E-state index in [4.69, 9.17) is 27.9 Å². The Hall–Kier alpha value is -2.39. The number of nitrogens with one attached hydrogen (secondary N) is 1. The van der Waals surface area contributed by atoms with E-state index in [1.54, 1.807) is 0 Å². The van der Waals surface area contributed by atoms with Crippen molar-refractivity contribution in [3.05, 3.63) is 69.8 Å². The lowest BCUT2D eigenvalue weighted by Gasteiger charge is -2.23. The summed E-state index contributed by atoms with van der Waals surface area (Å²) in [5.74, 6) is -1.08. The zero-order valence-corrected chi connectivity index (χ0v) is 20.7. The van der Waals surface area contributed by atoms with Crippen LogP contribution in [0.3, 0.4) is 0 Å². The molecule has 0 fully saturated rings. The lowest BCUT2D eigenvalue weighted by Crippen LogP contribution is -2.28. The lowest BCUT2D eigenvalue weighted by atomic mass is 9.83. The molecule has 0 radical (unpaired) electrons. The minimum atomic E-state index is -4.01. The highest BCUT2D eigenvalue weighted by Crippen LogP contribution is 2.46. The van der Waals surface area contributed by atoms with Crippen LogP contribution in [0.25, 0.3) is 0 Å². The van der Waals surface area contributed by atoms with Gasteiger partial charge in [0, 0.05) is 36.5 Å². The number of sulfonamides is 1. The Labute approximate surface area is 203 Å². The lowest BCUT2D eigenvalue weighted by molar-refractivity contribution is -0.146. The van der Waals surface area contributed by atoms with Gasteiger partial charge in [-0.05, 0) is 23.8 Å². The number of hydrogen-bond acceptors (Lipinski definition) is 6. The molecule has 0 saturated heterocycles. The van der Waals surface area contributed by atoms with E-state index in [9.17, 15) is 18.0 Å². The number of ether oxygens (including phenoxy) is 1. The summed E-state index contributed by atoms with van der Waals surface area (Å²) in [6.45, 7) is 3.38. The Kier molecular flexibility index (Phi) is 7.53. The first kappa shape index (κ1) is 25.2. The minimum Gasteiger partial charge on any atom is -0.457 e. The standard InChI is InChI=1S/C23H24Cl2N2O5S/c1-23(2)16-7-4-5-10-19(16)27(3)20(23)13-15(28)14-32-21(29)11-12-26-33(30,31)22-17(24)8-6-9-18(22)25/h4-10,13,26H,11-12,14H2,1-3H3/b20-13+. The summed E-state index contributed by atoms with van der Waals surface area (Å²) < 4.78 is 32.1. The normalized spacial score (nSPS) is 16.0. The molecule has 0 amide bonds. The largest absolute Gasteiger partial charge is 0.457 e. The summed E-state index contributed by atoms with van der Waals surface area (Å²) in [7, 11) is -2.13. The van der Waals surface area contributed by atoms with Gasteiger partial charge in [-0.15, -0.1) is 0 Å². The van der Waals surface area contributed by atoms with Crippen LogP contribution in [-0.4, -0.2) is 40.4 Å². The third kappa shape index (κ3) is 5.41. The minimum absolute atomic E-state index is 0.0295. The molecule has 3 rings (SSSR count). The van der Waals surface area contributed by atoms with Gasteiger partial charge in [0.25, 0.3) is 0 Å². The topological polar surface area (TPSA) is 92.8 Å². The summed E-state index contributed by atoms with van der Waals surface area (Å²) in [6, 6.07) is 12.2. The number of rotatable bonds is 8. The Morgan fingerprint density at radius 2 is 1.73 bits per heavy atom. The highest BCUT2D eigenvalue weighted by atomic mass is 35.5. The van der Waals surface area contributed by atoms with Crippen molar-refractivity contribution in [2.24, 2.45) is 0 Å². The molecule has 1 N–H and O–H groups in total. The fraction of sp³-hybridized carbons (Fsp3) is 0.304. The zero-order valence-electron chi connectivity index (χ0n) is 18.4. The van der Waals surface area contributed by atoms with Crippen molar-refractivity contribution in [3.63, 3.8) is 0 Å². The number of benzene rings is 2. The fourth-order valence-electron chi connectivity index (χ4n) is 3.78. The molecule has 176 valence electrons. The number of carbonyl (C=O) groups excluding carboxylic acids is 2. The molecule has 0 unspecified atom stereocenters. The van der Waals surface area contributed by atoms with Crippen molar-refractivity contribution in [3.8, 4) is 0 Å². The first-order valence-corrected chi connectivity index (χ1v) is 12.4. The quantitative estimate of drug-likeness (QED) is 0.424. The fourth-order valence-corrected chi connectivity index (χ4v) is 5.95. The molecule has 1 heterocycles. The van der Waals surface area contributed by atoms with Gasteiger partial charge >= 0.3 is 5.97 Å². The molecule has 0 spiro atoms. The number of fused-ring (bicyclic) bond motifs is 1. The van der Waals surface area contributed by atoms with Crippen molar-refractivity contribution in [2.75, 3.05) is 25.1 Å². The van der Waals surface area contributed by atoms with Crippen LogP contribution in [0.15, 0.2) is 59.1 Å². The number of likely N-dealkylation sites (N-methyl/N-ethyl adjacent to an activating group) is 1. The van der Waals surface area contributed by atoms with Gasteiger partial charge in [-0.2, -0.15) is 0 Å². The number of ketones is 1. The van der Waals surface area contributed by atoms with Crippen LogP contribution in [0.1, 0.15) is 25.8 Å².